The van der Waals surface area contributed by atoms with Crippen molar-refractivity contribution in [2.45, 2.75) is 63.5 Å². The number of anilines is 2. The van der Waals surface area contributed by atoms with Gasteiger partial charge in [0, 0.05) is 44.6 Å². The van der Waals surface area contributed by atoms with Gasteiger partial charge in [0.15, 0.2) is 0 Å². The van der Waals surface area contributed by atoms with Gasteiger partial charge in [0.1, 0.15) is 11.9 Å². The van der Waals surface area contributed by atoms with Crippen LogP contribution in [0.3, 0.4) is 0 Å². The van der Waals surface area contributed by atoms with Crippen LogP contribution in [0.1, 0.15) is 56.6 Å². The number of carbonyl (C=O) groups excluding carboxylic acids is 3. The van der Waals surface area contributed by atoms with Gasteiger partial charge in [-0.1, -0.05) is 50.1 Å². The van der Waals surface area contributed by atoms with Crippen molar-refractivity contribution in [1.29, 1.82) is 0 Å². The van der Waals surface area contributed by atoms with Crippen LogP contribution in [-0.4, -0.2) is 54.0 Å². The number of urea groups is 1. The Balaban J connectivity index is 1.30. The van der Waals surface area contributed by atoms with Crippen LogP contribution in [0.4, 0.5) is 16.3 Å². The highest BCUT2D eigenvalue weighted by Crippen LogP contribution is 2.44. The fourth-order valence-electron chi connectivity index (χ4n) is 5.98. The summed E-state index contributed by atoms with van der Waals surface area (Å²) in [6.07, 6.45) is 6.73. The first-order valence-electron chi connectivity index (χ1n) is 13.6. The molecule has 5 rings (SSSR count). The molecule has 3 aliphatic rings. The molecule has 1 aromatic heterocycles. The molecule has 1 aliphatic carbocycles. The third-order valence-corrected chi connectivity index (χ3v) is 8.40. The quantitative estimate of drug-likeness (QED) is 0.533. The van der Waals surface area contributed by atoms with Crippen LogP contribution < -0.4 is 16.0 Å². The Morgan fingerprint density at radius 1 is 1.16 bits per heavy atom. The first kappa shape index (κ1) is 26.2. The molecule has 1 aromatic carbocycles. The number of ether oxygens (including phenoxy) is 1. The Hall–Kier alpha value is -3.46. The maximum atomic E-state index is 13.6. The Labute approximate surface area is 223 Å². The summed E-state index contributed by atoms with van der Waals surface area (Å²) in [5.41, 5.74) is 1.94. The largest absolute Gasteiger partial charge is 0.381 e. The molecule has 9 nitrogen and oxygen atoms in total. The second kappa shape index (κ2) is 11.1. The molecule has 9 heteroatoms. The highest BCUT2D eigenvalue weighted by molar-refractivity contribution is 6.07. The van der Waals surface area contributed by atoms with Gasteiger partial charge in [0.25, 0.3) is 0 Å². The van der Waals surface area contributed by atoms with Gasteiger partial charge in [-0.15, -0.1) is 0 Å². The lowest BCUT2D eigenvalue weighted by molar-refractivity contribution is -0.124. The fourth-order valence-corrected chi connectivity index (χ4v) is 5.98. The van der Waals surface area contributed by atoms with E-state index in [-0.39, 0.29) is 23.8 Å². The normalized spacial score (nSPS) is 22.7. The van der Waals surface area contributed by atoms with E-state index in [4.69, 9.17) is 4.74 Å². The third-order valence-electron chi connectivity index (χ3n) is 8.40. The second-order valence-electron chi connectivity index (χ2n) is 11.0. The summed E-state index contributed by atoms with van der Waals surface area (Å²) >= 11 is 0. The Kier molecular flexibility index (Phi) is 7.65. The van der Waals surface area contributed by atoms with Gasteiger partial charge in [-0.05, 0) is 43.1 Å². The lowest BCUT2D eigenvalue weighted by atomic mass is 9.76. The van der Waals surface area contributed by atoms with E-state index in [0.717, 1.165) is 36.8 Å². The van der Waals surface area contributed by atoms with Crippen molar-refractivity contribution in [3.63, 3.8) is 0 Å². The number of carbonyl (C=O) groups is 3. The summed E-state index contributed by atoms with van der Waals surface area (Å²) in [5, 5.41) is 8.91. The first-order chi connectivity index (χ1) is 18.4. The molecule has 1 spiro atoms. The zero-order chi connectivity index (χ0) is 26.7. The van der Waals surface area contributed by atoms with Gasteiger partial charge in [0.2, 0.25) is 11.8 Å². The molecule has 2 fully saturated rings. The number of amides is 4. The summed E-state index contributed by atoms with van der Waals surface area (Å²) in [6.45, 7) is 3.74. The molecular formula is C29H37N5O4. The Morgan fingerprint density at radius 3 is 2.58 bits per heavy atom. The monoisotopic (exact) mass is 519 g/mol. The van der Waals surface area contributed by atoms with Gasteiger partial charge in [-0.2, -0.15) is 0 Å². The van der Waals surface area contributed by atoms with Crippen molar-refractivity contribution >= 4 is 29.4 Å². The van der Waals surface area contributed by atoms with E-state index in [2.05, 4.69) is 27.9 Å². The van der Waals surface area contributed by atoms with E-state index >= 15 is 0 Å². The number of benzene rings is 1. The molecule has 1 saturated carbocycles. The zero-order valence-electron chi connectivity index (χ0n) is 22.2. The van der Waals surface area contributed by atoms with Crippen molar-refractivity contribution in [3.05, 3.63) is 53.7 Å². The van der Waals surface area contributed by atoms with Gasteiger partial charge >= 0.3 is 6.03 Å². The summed E-state index contributed by atoms with van der Waals surface area (Å²) in [4.78, 5) is 45.7. The van der Waals surface area contributed by atoms with Crippen molar-refractivity contribution in [3.8, 4) is 0 Å². The van der Waals surface area contributed by atoms with Crippen LogP contribution in [0.5, 0.6) is 0 Å². The molecule has 0 radical (unpaired) electrons. The molecular weight excluding hydrogens is 482 g/mol. The molecule has 202 valence electrons. The smallest absolute Gasteiger partial charge is 0.318 e. The molecule has 38 heavy (non-hydrogen) atoms. The SMILES string of the molecule is CC1CCC(C(NC(=O)N(C)Cc2ccccc2)C(=O)Nc2cc3c(cn2)C2(CCOCC2)C(=O)N3)CC1. The highest BCUT2D eigenvalue weighted by atomic mass is 16.5. The summed E-state index contributed by atoms with van der Waals surface area (Å²) < 4.78 is 5.47. The fraction of sp³-hybridized carbons (Fsp3) is 0.517. The minimum atomic E-state index is -0.681. The Morgan fingerprint density at radius 2 is 1.87 bits per heavy atom. The molecule has 0 bridgehead atoms. The molecule has 1 saturated heterocycles. The second-order valence-corrected chi connectivity index (χ2v) is 11.0. The minimum Gasteiger partial charge on any atom is -0.381 e. The van der Waals surface area contributed by atoms with Crippen LogP contribution in [0.2, 0.25) is 0 Å². The maximum absolute atomic E-state index is 13.6. The van der Waals surface area contributed by atoms with Crippen molar-refractivity contribution in [2.75, 3.05) is 30.9 Å². The van der Waals surface area contributed by atoms with E-state index in [1.54, 1.807) is 24.2 Å². The molecule has 3 heterocycles. The molecule has 1 atom stereocenters. The van der Waals surface area contributed by atoms with Gasteiger partial charge in [-0.25, -0.2) is 9.78 Å². The predicted octanol–water partition coefficient (Wildman–Crippen LogP) is 4.06. The van der Waals surface area contributed by atoms with Crippen molar-refractivity contribution in [2.24, 2.45) is 11.8 Å². The summed E-state index contributed by atoms with van der Waals surface area (Å²) in [5.74, 6) is 0.692. The third kappa shape index (κ3) is 5.38. The van der Waals surface area contributed by atoms with Gasteiger partial charge in [-0.3, -0.25) is 9.59 Å². The maximum Gasteiger partial charge on any atom is 0.318 e. The number of fused-ring (bicyclic) bond motifs is 2. The van der Waals surface area contributed by atoms with Crippen LogP contribution in [0.15, 0.2) is 42.6 Å². The van der Waals surface area contributed by atoms with Crippen molar-refractivity contribution < 1.29 is 19.1 Å². The number of nitrogens with zero attached hydrogens (tertiary/aromatic N) is 2. The van der Waals surface area contributed by atoms with E-state index in [1.165, 1.54) is 0 Å². The van der Waals surface area contributed by atoms with Crippen LogP contribution >= 0.6 is 0 Å². The van der Waals surface area contributed by atoms with E-state index in [9.17, 15) is 14.4 Å². The Bertz CT molecular complexity index is 1170. The lowest BCUT2D eigenvalue weighted by Crippen LogP contribution is -2.52. The van der Waals surface area contributed by atoms with Crippen LogP contribution in [0.25, 0.3) is 0 Å². The van der Waals surface area contributed by atoms with Crippen LogP contribution in [-0.2, 0) is 26.3 Å². The summed E-state index contributed by atoms with van der Waals surface area (Å²) in [6, 6.07) is 10.5. The number of rotatable bonds is 6. The molecule has 2 aliphatic heterocycles. The summed E-state index contributed by atoms with van der Waals surface area (Å²) in [7, 11) is 1.73. The number of aromatic nitrogens is 1. The zero-order valence-corrected chi connectivity index (χ0v) is 22.2. The standard InChI is InChI=1S/C29H37N5O4/c1-19-8-10-21(11-9-19)25(33-28(37)34(2)18-20-6-4-3-5-7-20)26(35)32-24-16-23-22(17-30-24)29(27(36)31-23)12-14-38-15-13-29/h3-7,16-17,19,21,25H,8-15,18H2,1-2H3,(H,31,36)(H,33,37)(H,30,32,35). The number of pyridine rings is 1. The topological polar surface area (TPSA) is 113 Å². The number of hydrogen-bond donors (Lipinski definition) is 3. The number of nitrogens with one attached hydrogen (secondary N) is 3. The van der Waals surface area contributed by atoms with Gasteiger partial charge < -0.3 is 25.6 Å². The molecule has 1 unspecified atom stereocenters. The molecule has 3 N–H and O–H groups in total. The van der Waals surface area contributed by atoms with Gasteiger partial charge in [0.05, 0.1) is 11.1 Å². The average molecular weight is 520 g/mol. The first-order valence-corrected chi connectivity index (χ1v) is 13.6. The highest BCUT2D eigenvalue weighted by Gasteiger charge is 2.48. The molecule has 2 aromatic rings. The average Bonchev–Trinajstić information content (AvgIpc) is 3.18. The predicted molar refractivity (Wildman–Crippen MR) is 145 cm³/mol. The lowest BCUT2D eigenvalue weighted by Gasteiger charge is -2.33. The van der Waals surface area contributed by atoms with E-state index in [1.807, 2.05) is 30.3 Å². The van der Waals surface area contributed by atoms with E-state index in [0.29, 0.717) is 50.0 Å². The van der Waals surface area contributed by atoms with E-state index < -0.39 is 11.5 Å². The van der Waals surface area contributed by atoms with Crippen LogP contribution in [0, 0.1) is 11.8 Å². The molecule has 4 amide bonds. The van der Waals surface area contributed by atoms with Crippen molar-refractivity contribution in [1.82, 2.24) is 15.2 Å². The minimum absolute atomic E-state index is 0.0380. The number of hydrogen-bond acceptors (Lipinski definition) is 5.